The predicted molar refractivity (Wildman–Crippen MR) is 104 cm³/mol. The zero-order valence-corrected chi connectivity index (χ0v) is 17.6. The van der Waals surface area contributed by atoms with Crippen molar-refractivity contribution in [3.8, 4) is 0 Å². The first kappa shape index (κ1) is 22.4. The normalized spacial score (nSPS) is 16.7. The molecule has 3 rings (SSSR count). The molecule has 0 unspecified atom stereocenters. The highest BCUT2D eigenvalue weighted by atomic mass is 35.5. The van der Waals surface area contributed by atoms with E-state index in [1.165, 1.54) is 19.1 Å². The van der Waals surface area contributed by atoms with E-state index in [2.05, 4.69) is 0 Å². The lowest BCUT2D eigenvalue weighted by Crippen LogP contribution is -2.29. The lowest BCUT2D eigenvalue weighted by molar-refractivity contribution is -0.137. The average molecular weight is 483 g/mol. The number of nitrogens with one attached hydrogen (secondary N) is 1. The van der Waals surface area contributed by atoms with Crippen LogP contribution in [0.3, 0.4) is 0 Å². The number of sulfonamides is 2. The average Bonchev–Trinajstić information content (AvgIpc) is 2.89. The van der Waals surface area contributed by atoms with Crippen LogP contribution in [0, 0.1) is 6.92 Å². The first-order valence-electron chi connectivity index (χ1n) is 8.28. The second-order valence-electron chi connectivity index (χ2n) is 6.47. The van der Waals surface area contributed by atoms with Gasteiger partial charge in [-0.1, -0.05) is 17.7 Å². The van der Waals surface area contributed by atoms with Gasteiger partial charge in [0.15, 0.2) is 0 Å². The number of benzene rings is 2. The molecule has 0 atom stereocenters. The van der Waals surface area contributed by atoms with Gasteiger partial charge in [0.25, 0.3) is 10.0 Å². The van der Waals surface area contributed by atoms with E-state index in [1.54, 1.807) is 0 Å². The van der Waals surface area contributed by atoms with Crippen molar-refractivity contribution in [1.82, 2.24) is 0 Å². The SMILES string of the molecule is Cc1ccc(N2C(=O)CCS2(=O)=O)cc1S(=O)(=O)Nc1cc(C(F)(F)F)ccc1Cl. The number of carbonyl (C=O) groups excluding carboxylic acids is 1. The van der Waals surface area contributed by atoms with Crippen molar-refractivity contribution < 1.29 is 34.8 Å². The number of halogens is 4. The maximum absolute atomic E-state index is 12.9. The van der Waals surface area contributed by atoms with E-state index < -0.39 is 54.0 Å². The minimum absolute atomic E-state index is 0.179. The minimum Gasteiger partial charge on any atom is -0.278 e. The van der Waals surface area contributed by atoms with E-state index in [0.29, 0.717) is 16.4 Å². The largest absolute Gasteiger partial charge is 0.416 e. The Labute approximate surface area is 175 Å². The molecule has 13 heteroatoms. The molecular weight excluding hydrogens is 469 g/mol. The Balaban J connectivity index is 2.05. The molecule has 162 valence electrons. The molecule has 0 bridgehead atoms. The van der Waals surface area contributed by atoms with Gasteiger partial charge < -0.3 is 0 Å². The van der Waals surface area contributed by atoms with E-state index in [0.717, 1.165) is 12.1 Å². The number of hydrogen-bond acceptors (Lipinski definition) is 5. The summed E-state index contributed by atoms with van der Waals surface area (Å²) < 4.78 is 91.2. The van der Waals surface area contributed by atoms with Crippen molar-refractivity contribution in [2.24, 2.45) is 0 Å². The second kappa shape index (κ2) is 7.43. The Morgan fingerprint density at radius 3 is 2.37 bits per heavy atom. The molecule has 1 heterocycles. The molecule has 30 heavy (non-hydrogen) atoms. The highest BCUT2D eigenvalue weighted by molar-refractivity contribution is 7.94. The van der Waals surface area contributed by atoms with Crippen molar-refractivity contribution in [3.05, 3.63) is 52.5 Å². The van der Waals surface area contributed by atoms with Crippen LogP contribution in [0.15, 0.2) is 41.3 Å². The summed E-state index contributed by atoms with van der Waals surface area (Å²) in [5, 5.41) is -0.266. The zero-order valence-electron chi connectivity index (χ0n) is 15.2. The Bertz CT molecular complexity index is 1240. The maximum atomic E-state index is 12.9. The van der Waals surface area contributed by atoms with Crippen LogP contribution in [0.4, 0.5) is 24.5 Å². The fourth-order valence-electron chi connectivity index (χ4n) is 2.85. The predicted octanol–water partition coefficient (Wildman–Crippen LogP) is 3.53. The van der Waals surface area contributed by atoms with Gasteiger partial charge in [-0.05, 0) is 42.8 Å². The molecule has 1 aliphatic rings. The van der Waals surface area contributed by atoms with Gasteiger partial charge in [-0.25, -0.2) is 21.1 Å². The summed E-state index contributed by atoms with van der Waals surface area (Å²) in [6.07, 6.45) is -4.96. The molecular formula is C17H14ClF3N2O5S2. The van der Waals surface area contributed by atoms with Gasteiger partial charge in [-0.3, -0.25) is 9.52 Å². The van der Waals surface area contributed by atoms with Gasteiger partial charge in [-0.15, -0.1) is 0 Å². The van der Waals surface area contributed by atoms with Crippen molar-refractivity contribution in [3.63, 3.8) is 0 Å². The molecule has 0 aromatic heterocycles. The first-order chi connectivity index (χ1) is 13.7. The van der Waals surface area contributed by atoms with Crippen LogP contribution in [0.1, 0.15) is 17.5 Å². The van der Waals surface area contributed by atoms with Crippen LogP contribution in [0.5, 0.6) is 0 Å². The molecule has 0 radical (unpaired) electrons. The molecule has 0 aliphatic carbocycles. The summed E-state index contributed by atoms with van der Waals surface area (Å²) in [5.41, 5.74) is -1.61. The van der Waals surface area contributed by atoms with Crippen molar-refractivity contribution in [2.75, 3.05) is 14.8 Å². The fourth-order valence-corrected chi connectivity index (χ4v) is 5.86. The minimum atomic E-state index is -4.72. The summed E-state index contributed by atoms with van der Waals surface area (Å²) >= 11 is 5.84. The highest BCUT2D eigenvalue weighted by Gasteiger charge is 2.37. The monoisotopic (exact) mass is 482 g/mol. The number of alkyl halides is 3. The van der Waals surface area contributed by atoms with Gasteiger partial charge in [0.05, 0.1) is 32.6 Å². The van der Waals surface area contributed by atoms with Crippen LogP contribution in [-0.2, 0) is 31.0 Å². The van der Waals surface area contributed by atoms with Gasteiger partial charge in [-0.2, -0.15) is 13.2 Å². The number of aryl methyl sites for hydroxylation is 1. The topological polar surface area (TPSA) is 101 Å². The third-order valence-electron chi connectivity index (χ3n) is 4.31. The quantitative estimate of drug-likeness (QED) is 0.718. The molecule has 1 aliphatic heterocycles. The van der Waals surface area contributed by atoms with Crippen LogP contribution >= 0.6 is 11.6 Å². The molecule has 1 saturated heterocycles. The molecule has 1 fully saturated rings. The fraction of sp³-hybridized carbons (Fsp3) is 0.235. The first-order valence-corrected chi connectivity index (χ1v) is 11.8. The van der Waals surface area contributed by atoms with Gasteiger partial charge >= 0.3 is 6.18 Å². The van der Waals surface area contributed by atoms with Gasteiger partial charge in [0, 0.05) is 6.42 Å². The third-order valence-corrected chi connectivity index (χ3v) is 7.84. The van der Waals surface area contributed by atoms with E-state index in [4.69, 9.17) is 11.6 Å². The van der Waals surface area contributed by atoms with Crippen molar-refractivity contribution in [2.45, 2.75) is 24.4 Å². The number of amides is 1. The lowest BCUT2D eigenvalue weighted by atomic mass is 10.2. The summed E-state index contributed by atoms with van der Waals surface area (Å²) in [4.78, 5) is 11.5. The Morgan fingerprint density at radius 1 is 1.13 bits per heavy atom. The number of hydrogen-bond donors (Lipinski definition) is 1. The molecule has 7 nitrogen and oxygen atoms in total. The summed E-state index contributed by atoms with van der Waals surface area (Å²) in [7, 11) is -8.40. The highest BCUT2D eigenvalue weighted by Crippen LogP contribution is 2.35. The number of rotatable bonds is 4. The van der Waals surface area contributed by atoms with Gasteiger partial charge in [0.1, 0.15) is 0 Å². The Morgan fingerprint density at radius 2 is 1.80 bits per heavy atom. The number of carbonyl (C=O) groups is 1. The molecule has 1 N–H and O–H groups in total. The number of anilines is 2. The van der Waals surface area contributed by atoms with Crippen LogP contribution in [0.2, 0.25) is 5.02 Å². The maximum Gasteiger partial charge on any atom is 0.416 e. The molecule has 0 saturated carbocycles. The Kier molecular flexibility index (Phi) is 5.54. The standard InChI is InChI=1S/C17H14ClF3N2O5S2/c1-10-2-4-12(23-16(24)6-7-29(23,25)26)9-15(10)30(27,28)22-14-8-11(17(19,20)21)3-5-13(14)18/h2-5,8-9,22H,6-7H2,1H3. The number of nitrogens with zero attached hydrogens (tertiary/aromatic N) is 1. The van der Waals surface area contributed by atoms with Crippen LogP contribution < -0.4 is 9.03 Å². The van der Waals surface area contributed by atoms with E-state index in [-0.39, 0.29) is 22.7 Å². The Hall–Kier alpha value is -2.31. The smallest absolute Gasteiger partial charge is 0.278 e. The zero-order chi connectivity index (χ0) is 22.5. The van der Waals surface area contributed by atoms with Crippen LogP contribution in [-0.4, -0.2) is 28.5 Å². The summed E-state index contributed by atoms with van der Waals surface area (Å²) in [5.74, 6) is -1.11. The lowest BCUT2D eigenvalue weighted by Gasteiger charge is -2.18. The molecule has 2 aromatic carbocycles. The molecule has 1 amide bonds. The van der Waals surface area contributed by atoms with Crippen molar-refractivity contribution in [1.29, 1.82) is 0 Å². The van der Waals surface area contributed by atoms with E-state index >= 15 is 0 Å². The van der Waals surface area contributed by atoms with Crippen LogP contribution in [0.25, 0.3) is 0 Å². The van der Waals surface area contributed by atoms with Gasteiger partial charge in [0.2, 0.25) is 15.9 Å². The third kappa shape index (κ3) is 4.25. The second-order valence-corrected chi connectivity index (χ2v) is 10.5. The summed E-state index contributed by atoms with van der Waals surface area (Å²) in [6, 6.07) is 5.69. The van der Waals surface area contributed by atoms with Crippen molar-refractivity contribution >= 4 is 48.9 Å². The summed E-state index contributed by atoms with van der Waals surface area (Å²) in [6.45, 7) is 1.41. The van der Waals surface area contributed by atoms with E-state index in [1.807, 2.05) is 4.72 Å². The van der Waals surface area contributed by atoms with E-state index in [9.17, 15) is 34.8 Å². The molecule has 2 aromatic rings. The molecule has 0 spiro atoms.